The number of benzene rings is 2. The van der Waals surface area contributed by atoms with Crippen LogP contribution in [0, 0.1) is 6.92 Å². The first-order valence-electron chi connectivity index (χ1n) is 5.56. The van der Waals surface area contributed by atoms with Crippen LogP contribution in [0.2, 0.25) is 5.02 Å². The summed E-state index contributed by atoms with van der Waals surface area (Å²) in [5, 5.41) is 0.668. The van der Waals surface area contributed by atoms with Gasteiger partial charge in [0.05, 0.1) is 7.11 Å². The molecule has 0 fully saturated rings. The highest BCUT2D eigenvalue weighted by molar-refractivity contribution is 6.31. The monoisotopic (exact) mass is 260 g/mol. The van der Waals surface area contributed by atoms with Gasteiger partial charge in [0.2, 0.25) is 0 Å². The molecule has 0 unspecified atom stereocenters. The summed E-state index contributed by atoms with van der Waals surface area (Å²) in [6.45, 7) is 1.88. The van der Waals surface area contributed by atoms with Gasteiger partial charge in [-0.1, -0.05) is 11.6 Å². The third-order valence-electron chi connectivity index (χ3n) is 2.77. The molecule has 2 aromatic rings. The molecule has 0 aromatic heterocycles. The number of hydrogen-bond donors (Lipinski definition) is 0. The van der Waals surface area contributed by atoms with Gasteiger partial charge in [-0.15, -0.1) is 0 Å². The van der Waals surface area contributed by atoms with Crippen LogP contribution in [0.5, 0.6) is 5.75 Å². The SMILES string of the molecule is COc1ccc(C(=O)c2ccc(Cl)c(C)c2)cc1. The Morgan fingerprint density at radius 2 is 1.67 bits per heavy atom. The van der Waals surface area contributed by atoms with Crippen molar-refractivity contribution in [2.24, 2.45) is 0 Å². The number of ketones is 1. The Labute approximate surface area is 111 Å². The maximum Gasteiger partial charge on any atom is 0.193 e. The van der Waals surface area contributed by atoms with E-state index < -0.39 is 0 Å². The second-order valence-corrected chi connectivity index (χ2v) is 4.43. The van der Waals surface area contributed by atoms with Crippen molar-refractivity contribution in [2.75, 3.05) is 7.11 Å². The van der Waals surface area contributed by atoms with Gasteiger partial charge in [-0.05, 0) is 55.0 Å². The second-order valence-electron chi connectivity index (χ2n) is 4.02. The zero-order valence-corrected chi connectivity index (χ0v) is 11.0. The van der Waals surface area contributed by atoms with E-state index in [9.17, 15) is 4.79 Å². The average molecular weight is 261 g/mol. The molecule has 0 spiro atoms. The summed E-state index contributed by atoms with van der Waals surface area (Å²) >= 11 is 5.94. The number of halogens is 1. The Hall–Kier alpha value is -1.80. The first kappa shape index (κ1) is 12.7. The van der Waals surface area contributed by atoms with Crippen LogP contribution in [-0.4, -0.2) is 12.9 Å². The standard InChI is InChI=1S/C15H13ClO2/c1-10-9-12(5-8-14(10)16)15(17)11-3-6-13(18-2)7-4-11/h3-9H,1-2H3. The summed E-state index contributed by atoms with van der Waals surface area (Å²) in [6.07, 6.45) is 0. The highest BCUT2D eigenvalue weighted by atomic mass is 35.5. The maximum atomic E-state index is 12.2. The lowest BCUT2D eigenvalue weighted by molar-refractivity contribution is 0.103. The predicted molar refractivity (Wildman–Crippen MR) is 72.6 cm³/mol. The molecule has 0 N–H and O–H groups in total. The van der Waals surface area contributed by atoms with Gasteiger partial charge >= 0.3 is 0 Å². The largest absolute Gasteiger partial charge is 0.497 e. The van der Waals surface area contributed by atoms with Crippen LogP contribution >= 0.6 is 11.6 Å². The van der Waals surface area contributed by atoms with Crippen LogP contribution < -0.4 is 4.74 Å². The van der Waals surface area contributed by atoms with Gasteiger partial charge in [-0.25, -0.2) is 0 Å². The fourth-order valence-corrected chi connectivity index (χ4v) is 1.81. The minimum atomic E-state index is -0.0163. The van der Waals surface area contributed by atoms with Crippen LogP contribution in [0.4, 0.5) is 0 Å². The Kier molecular flexibility index (Phi) is 3.68. The van der Waals surface area contributed by atoms with Crippen molar-refractivity contribution in [3.8, 4) is 5.75 Å². The van der Waals surface area contributed by atoms with Gasteiger partial charge in [0.25, 0.3) is 0 Å². The van der Waals surface area contributed by atoms with Crippen molar-refractivity contribution in [1.29, 1.82) is 0 Å². The molecule has 0 radical (unpaired) electrons. The van der Waals surface area contributed by atoms with Gasteiger partial charge in [-0.3, -0.25) is 4.79 Å². The zero-order chi connectivity index (χ0) is 13.1. The normalized spacial score (nSPS) is 10.2. The lowest BCUT2D eigenvalue weighted by atomic mass is 10.0. The summed E-state index contributed by atoms with van der Waals surface area (Å²) in [5.74, 6) is 0.719. The molecule has 0 aliphatic heterocycles. The fraction of sp³-hybridized carbons (Fsp3) is 0.133. The number of hydrogen-bond acceptors (Lipinski definition) is 2. The van der Waals surface area contributed by atoms with Crippen molar-refractivity contribution in [3.05, 3.63) is 64.2 Å². The molecule has 2 nitrogen and oxygen atoms in total. The molecule has 0 aliphatic carbocycles. The molecule has 0 aliphatic rings. The van der Waals surface area contributed by atoms with Crippen molar-refractivity contribution in [2.45, 2.75) is 6.92 Å². The number of ether oxygens (including phenoxy) is 1. The van der Waals surface area contributed by atoms with Gasteiger partial charge in [0.15, 0.2) is 5.78 Å². The Balaban J connectivity index is 2.32. The van der Waals surface area contributed by atoms with Crippen LogP contribution in [-0.2, 0) is 0 Å². The molecule has 0 saturated heterocycles. The first-order chi connectivity index (χ1) is 8.61. The minimum Gasteiger partial charge on any atom is -0.497 e. The van der Waals surface area contributed by atoms with Crippen LogP contribution in [0.25, 0.3) is 0 Å². The quantitative estimate of drug-likeness (QED) is 0.783. The molecule has 2 rings (SSSR count). The predicted octanol–water partition coefficient (Wildman–Crippen LogP) is 3.89. The number of aryl methyl sites for hydroxylation is 1. The molecular weight excluding hydrogens is 248 g/mol. The van der Waals surface area contributed by atoms with E-state index in [2.05, 4.69) is 0 Å². The van der Waals surface area contributed by atoms with E-state index in [4.69, 9.17) is 16.3 Å². The van der Waals surface area contributed by atoms with Gasteiger partial charge in [0, 0.05) is 16.1 Å². The Bertz CT molecular complexity index is 574. The van der Waals surface area contributed by atoms with E-state index in [1.165, 1.54) is 0 Å². The van der Waals surface area contributed by atoms with Crippen LogP contribution in [0.15, 0.2) is 42.5 Å². The zero-order valence-electron chi connectivity index (χ0n) is 10.2. The van der Waals surface area contributed by atoms with Gasteiger partial charge in [0.1, 0.15) is 5.75 Å². The fourth-order valence-electron chi connectivity index (χ4n) is 1.69. The van der Waals surface area contributed by atoms with E-state index in [1.807, 2.05) is 6.92 Å². The molecule has 2 aromatic carbocycles. The summed E-state index contributed by atoms with van der Waals surface area (Å²) < 4.78 is 5.06. The van der Waals surface area contributed by atoms with E-state index in [0.717, 1.165) is 11.3 Å². The highest BCUT2D eigenvalue weighted by Gasteiger charge is 2.10. The molecular formula is C15H13ClO2. The van der Waals surface area contributed by atoms with Gasteiger partial charge < -0.3 is 4.74 Å². The van der Waals surface area contributed by atoms with Crippen LogP contribution in [0.3, 0.4) is 0 Å². The molecule has 18 heavy (non-hydrogen) atoms. The van der Waals surface area contributed by atoms with Crippen molar-refractivity contribution in [3.63, 3.8) is 0 Å². The van der Waals surface area contributed by atoms with Gasteiger partial charge in [-0.2, -0.15) is 0 Å². The highest BCUT2D eigenvalue weighted by Crippen LogP contribution is 2.19. The minimum absolute atomic E-state index is 0.0163. The van der Waals surface area contributed by atoms with E-state index in [0.29, 0.717) is 16.1 Å². The molecule has 92 valence electrons. The number of methoxy groups -OCH3 is 1. The number of carbonyl (C=O) groups excluding carboxylic acids is 1. The van der Waals surface area contributed by atoms with Crippen LogP contribution in [0.1, 0.15) is 21.5 Å². The van der Waals surface area contributed by atoms with Crippen molar-refractivity contribution < 1.29 is 9.53 Å². The second kappa shape index (κ2) is 5.23. The number of carbonyl (C=O) groups is 1. The summed E-state index contributed by atoms with van der Waals surface area (Å²) in [6, 6.07) is 12.3. The molecule has 0 bridgehead atoms. The maximum absolute atomic E-state index is 12.2. The average Bonchev–Trinajstić information content (AvgIpc) is 2.41. The van der Waals surface area contributed by atoms with E-state index >= 15 is 0 Å². The topological polar surface area (TPSA) is 26.3 Å². The van der Waals surface area contributed by atoms with Crippen molar-refractivity contribution in [1.82, 2.24) is 0 Å². The summed E-state index contributed by atoms with van der Waals surface area (Å²) in [5.41, 5.74) is 2.18. The molecule has 3 heteroatoms. The summed E-state index contributed by atoms with van der Waals surface area (Å²) in [7, 11) is 1.60. The third-order valence-corrected chi connectivity index (χ3v) is 3.20. The van der Waals surface area contributed by atoms with E-state index in [-0.39, 0.29) is 5.78 Å². The first-order valence-corrected chi connectivity index (χ1v) is 5.94. The number of rotatable bonds is 3. The van der Waals surface area contributed by atoms with Crippen molar-refractivity contribution >= 4 is 17.4 Å². The molecule has 0 amide bonds. The lowest BCUT2D eigenvalue weighted by Gasteiger charge is -2.05. The Morgan fingerprint density at radius 1 is 1.06 bits per heavy atom. The molecule has 0 saturated carbocycles. The molecule has 0 heterocycles. The van der Waals surface area contributed by atoms with E-state index in [1.54, 1.807) is 49.6 Å². The third kappa shape index (κ3) is 2.54. The lowest BCUT2D eigenvalue weighted by Crippen LogP contribution is -2.01. The summed E-state index contributed by atoms with van der Waals surface area (Å²) in [4.78, 5) is 12.2. The Morgan fingerprint density at radius 3 is 2.22 bits per heavy atom. The molecule has 0 atom stereocenters. The smallest absolute Gasteiger partial charge is 0.193 e.